The number of nitrogen functional groups attached to an aromatic ring is 1. The van der Waals surface area contributed by atoms with Gasteiger partial charge in [0.2, 0.25) is 0 Å². The van der Waals surface area contributed by atoms with Crippen LogP contribution in [-0.2, 0) is 4.74 Å². The molecule has 0 saturated carbocycles. The molecule has 0 radical (unpaired) electrons. The fraction of sp³-hybridized carbons (Fsp3) is 0.417. The van der Waals surface area contributed by atoms with E-state index in [-0.39, 0.29) is 12.0 Å². The average molecular weight is 236 g/mol. The highest BCUT2D eigenvalue weighted by atomic mass is 16.6. The molecule has 5 heteroatoms. The van der Waals surface area contributed by atoms with Gasteiger partial charge in [-0.2, -0.15) is 0 Å². The van der Waals surface area contributed by atoms with Crippen molar-refractivity contribution in [2.24, 2.45) is 0 Å². The number of hydrogen-bond acceptors (Lipinski definition) is 4. The van der Waals surface area contributed by atoms with Crippen molar-refractivity contribution in [3.8, 4) is 5.75 Å². The highest BCUT2D eigenvalue weighted by Crippen LogP contribution is 2.25. The van der Waals surface area contributed by atoms with Crippen molar-refractivity contribution in [1.29, 1.82) is 0 Å². The van der Waals surface area contributed by atoms with E-state index in [0.717, 1.165) is 0 Å². The molecular weight excluding hydrogens is 220 g/mol. The lowest BCUT2D eigenvalue weighted by atomic mass is 10.1. The molecule has 0 spiro atoms. The van der Waals surface area contributed by atoms with Gasteiger partial charge in [0.25, 0.3) is 5.91 Å². The standard InChI is InChI=1S/C12H16N2O3/c1-2-14-12(15)8-3-4-10(13)11(5-8)17-9-6-16-7-9/h3-5,9H,2,6-7,13H2,1H3,(H,14,15). The minimum absolute atomic E-state index is 0.0433. The molecule has 2 rings (SSSR count). The lowest BCUT2D eigenvalue weighted by molar-refractivity contribution is -0.0793. The summed E-state index contributed by atoms with van der Waals surface area (Å²) in [6, 6.07) is 5.03. The van der Waals surface area contributed by atoms with E-state index in [1.807, 2.05) is 6.92 Å². The lowest BCUT2D eigenvalue weighted by Crippen LogP contribution is -2.38. The monoisotopic (exact) mass is 236 g/mol. The summed E-state index contributed by atoms with van der Waals surface area (Å²) in [5, 5.41) is 2.73. The Morgan fingerprint density at radius 1 is 1.59 bits per heavy atom. The number of carbonyl (C=O) groups is 1. The number of ether oxygens (including phenoxy) is 2. The molecule has 0 unspecified atom stereocenters. The van der Waals surface area contributed by atoms with E-state index in [1.165, 1.54) is 0 Å². The summed E-state index contributed by atoms with van der Waals surface area (Å²) in [6.07, 6.45) is 0.0433. The van der Waals surface area contributed by atoms with Crippen LogP contribution in [0.25, 0.3) is 0 Å². The van der Waals surface area contributed by atoms with Crippen LogP contribution in [0.1, 0.15) is 17.3 Å². The summed E-state index contributed by atoms with van der Waals surface area (Å²) in [5.41, 5.74) is 6.88. The Labute approximate surface area is 99.9 Å². The van der Waals surface area contributed by atoms with Crippen molar-refractivity contribution in [2.45, 2.75) is 13.0 Å². The smallest absolute Gasteiger partial charge is 0.251 e. The summed E-state index contributed by atoms with van der Waals surface area (Å²) < 4.78 is 10.6. The van der Waals surface area contributed by atoms with E-state index in [0.29, 0.717) is 36.8 Å². The molecule has 0 atom stereocenters. The van der Waals surface area contributed by atoms with Gasteiger partial charge in [-0.1, -0.05) is 0 Å². The van der Waals surface area contributed by atoms with E-state index < -0.39 is 0 Å². The van der Waals surface area contributed by atoms with E-state index >= 15 is 0 Å². The molecule has 5 nitrogen and oxygen atoms in total. The van der Waals surface area contributed by atoms with Gasteiger partial charge in [0, 0.05) is 12.1 Å². The second-order valence-corrected chi connectivity index (χ2v) is 3.89. The van der Waals surface area contributed by atoms with Crippen LogP contribution in [0.15, 0.2) is 18.2 Å². The van der Waals surface area contributed by atoms with Crippen LogP contribution >= 0.6 is 0 Å². The fourth-order valence-electron chi connectivity index (χ4n) is 1.50. The first-order valence-corrected chi connectivity index (χ1v) is 5.63. The molecule has 1 heterocycles. The molecule has 1 amide bonds. The third-order valence-corrected chi connectivity index (χ3v) is 2.51. The zero-order valence-corrected chi connectivity index (χ0v) is 9.73. The third kappa shape index (κ3) is 2.68. The zero-order valence-electron chi connectivity index (χ0n) is 9.73. The Hall–Kier alpha value is -1.75. The molecule has 0 bridgehead atoms. The van der Waals surface area contributed by atoms with E-state index in [9.17, 15) is 4.79 Å². The van der Waals surface area contributed by atoms with Gasteiger partial charge >= 0.3 is 0 Å². The molecule has 0 aliphatic carbocycles. The predicted molar refractivity (Wildman–Crippen MR) is 64.1 cm³/mol. The summed E-state index contributed by atoms with van der Waals surface area (Å²) >= 11 is 0. The second-order valence-electron chi connectivity index (χ2n) is 3.89. The maximum atomic E-state index is 11.6. The Morgan fingerprint density at radius 2 is 2.35 bits per heavy atom. The maximum absolute atomic E-state index is 11.6. The van der Waals surface area contributed by atoms with Crippen LogP contribution in [-0.4, -0.2) is 31.8 Å². The van der Waals surface area contributed by atoms with Crippen molar-refractivity contribution >= 4 is 11.6 Å². The van der Waals surface area contributed by atoms with Crippen LogP contribution in [0, 0.1) is 0 Å². The number of nitrogens with one attached hydrogen (secondary N) is 1. The Morgan fingerprint density at radius 3 is 2.94 bits per heavy atom. The first kappa shape index (κ1) is 11.7. The first-order valence-electron chi connectivity index (χ1n) is 5.63. The SMILES string of the molecule is CCNC(=O)c1ccc(N)c(OC2COC2)c1. The van der Waals surface area contributed by atoms with Gasteiger partial charge in [0.15, 0.2) is 0 Å². The Bertz CT molecular complexity index is 416. The van der Waals surface area contributed by atoms with Crippen molar-refractivity contribution in [1.82, 2.24) is 5.32 Å². The number of amides is 1. The molecular formula is C12H16N2O3. The predicted octanol–water partition coefficient (Wildman–Crippen LogP) is 0.796. The molecule has 1 saturated heterocycles. The molecule has 1 aromatic carbocycles. The Kier molecular flexibility index (Phi) is 3.49. The number of anilines is 1. The number of benzene rings is 1. The van der Waals surface area contributed by atoms with Gasteiger partial charge in [0.05, 0.1) is 18.9 Å². The number of nitrogens with two attached hydrogens (primary N) is 1. The lowest BCUT2D eigenvalue weighted by Gasteiger charge is -2.27. The van der Waals surface area contributed by atoms with E-state index in [4.69, 9.17) is 15.2 Å². The number of hydrogen-bond donors (Lipinski definition) is 2. The fourth-order valence-corrected chi connectivity index (χ4v) is 1.50. The van der Waals surface area contributed by atoms with Gasteiger partial charge in [-0.25, -0.2) is 0 Å². The summed E-state index contributed by atoms with van der Waals surface area (Å²) in [7, 11) is 0. The minimum atomic E-state index is -0.123. The van der Waals surface area contributed by atoms with Gasteiger partial charge in [-0.15, -0.1) is 0 Å². The quantitative estimate of drug-likeness (QED) is 0.758. The third-order valence-electron chi connectivity index (χ3n) is 2.51. The topological polar surface area (TPSA) is 73.6 Å². The van der Waals surface area contributed by atoms with Crippen molar-refractivity contribution in [2.75, 3.05) is 25.5 Å². The number of carbonyl (C=O) groups excluding carboxylic acids is 1. The van der Waals surface area contributed by atoms with Gasteiger partial charge < -0.3 is 20.5 Å². The van der Waals surface area contributed by atoms with E-state index in [1.54, 1.807) is 18.2 Å². The van der Waals surface area contributed by atoms with Crippen molar-refractivity contribution in [3.63, 3.8) is 0 Å². The summed E-state index contributed by atoms with van der Waals surface area (Å²) in [6.45, 7) is 3.61. The van der Waals surface area contributed by atoms with Crippen LogP contribution < -0.4 is 15.8 Å². The second kappa shape index (κ2) is 5.05. The molecule has 0 aromatic heterocycles. The molecule has 17 heavy (non-hydrogen) atoms. The van der Waals surface area contributed by atoms with Gasteiger partial charge in [-0.05, 0) is 25.1 Å². The molecule has 92 valence electrons. The highest BCUT2D eigenvalue weighted by molar-refractivity contribution is 5.95. The maximum Gasteiger partial charge on any atom is 0.251 e. The summed E-state index contributed by atoms with van der Waals surface area (Å²) in [4.78, 5) is 11.6. The van der Waals surface area contributed by atoms with Crippen LogP contribution in [0.3, 0.4) is 0 Å². The van der Waals surface area contributed by atoms with Gasteiger partial charge in [-0.3, -0.25) is 4.79 Å². The first-order chi connectivity index (χ1) is 8.20. The Balaban J connectivity index is 2.13. The molecule has 1 aliphatic heterocycles. The van der Waals surface area contributed by atoms with Crippen LogP contribution in [0.5, 0.6) is 5.75 Å². The average Bonchev–Trinajstić information content (AvgIpc) is 2.25. The summed E-state index contributed by atoms with van der Waals surface area (Å²) in [5.74, 6) is 0.421. The normalized spacial score (nSPS) is 15.1. The molecule has 1 aromatic rings. The zero-order chi connectivity index (χ0) is 12.3. The molecule has 1 fully saturated rings. The minimum Gasteiger partial charge on any atom is -0.483 e. The van der Waals surface area contributed by atoms with E-state index in [2.05, 4.69) is 5.32 Å². The van der Waals surface area contributed by atoms with Crippen molar-refractivity contribution in [3.05, 3.63) is 23.8 Å². The van der Waals surface area contributed by atoms with Crippen LogP contribution in [0.2, 0.25) is 0 Å². The van der Waals surface area contributed by atoms with Gasteiger partial charge in [0.1, 0.15) is 11.9 Å². The molecule has 1 aliphatic rings. The molecule has 3 N–H and O–H groups in total. The number of rotatable bonds is 4. The largest absolute Gasteiger partial charge is 0.483 e. The highest BCUT2D eigenvalue weighted by Gasteiger charge is 2.21. The van der Waals surface area contributed by atoms with Crippen LogP contribution in [0.4, 0.5) is 5.69 Å². The van der Waals surface area contributed by atoms with Crippen molar-refractivity contribution < 1.29 is 14.3 Å².